The Kier molecular flexibility index (Phi) is 4.87. The van der Waals surface area contributed by atoms with Crippen molar-refractivity contribution in [1.29, 1.82) is 0 Å². The highest BCUT2D eigenvalue weighted by molar-refractivity contribution is 7.14. The molecule has 2 aromatic rings. The summed E-state index contributed by atoms with van der Waals surface area (Å²) in [7, 11) is 0. The third-order valence-electron chi connectivity index (χ3n) is 4.94. The number of ether oxygens (including phenoxy) is 1. The number of fused-ring (bicyclic) bond motifs is 1. The number of hydrogen-bond donors (Lipinski definition) is 2. The molecule has 0 spiro atoms. The quantitative estimate of drug-likeness (QED) is 0.840. The van der Waals surface area contributed by atoms with Crippen LogP contribution in [-0.2, 0) is 11.2 Å². The molecule has 0 fully saturated rings. The number of amides is 1. The molecule has 0 saturated heterocycles. The third kappa shape index (κ3) is 3.03. The Morgan fingerprint density at radius 1 is 1.42 bits per heavy atom. The molecule has 6 heteroatoms. The molecule has 1 aliphatic heterocycles. The molecule has 1 aliphatic rings. The van der Waals surface area contributed by atoms with Crippen LogP contribution in [0.5, 0.6) is 5.75 Å². The fourth-order valence-electron chi connectivity index (χ4n) is 2.99. The van der Waals surface area contributed by atoms with Crippen LogP contribution in [0.1, 0.15) is 32.3 Å². The Labute approximate surface area is 146 Å². The van der Waals surface area contributed by atoms with E-state index in [0.29, 0.717) is 11.7 Å². The summed E-state index contributed by atoms with van der Waals surface area (Å²) in [6.07, 6.45) is 2.37. The highest BCUT2D eigenvalue weighted by Crippen LogP contribution is 2.33. The second kappa shape index (κ2) is 6.91. The molecule has 0 radical (unpaired) electrons. The second-order valence-electron chi connectivity index (χ2n) is 6.10. The minimum Gasteiger partial charge on any atom is -0.493 e. The van der Waals surface area contributed by atoms with E-state index < -0.39 is 5.41 Å². The van der Waals surface area contributed by atoms with Gasteiger partial charge in [-0.15, -0.1) is 11.3 Å². The molecule has 1 aromatic carbocycles. The smallest absolute Gasteiger partial charge is 0.233 e. The number of rotatable bonds is 6. The number of nitrogens with two attached hydrogens (primary N) is 1. The second-order valence-corrected chi connectivity index (χ2v) is 6.96. The first-order chi connectivity index (χ1) is 11.6. The molecule has 2 heterocycles. The Morgan fingerprint density at radius 2 is 2.21 bits per heavy atom. The normalized spacial score (nSPS) is 13.5. The zero-order chi connectivity index (χ0) is 17.2. The van der Waals surface area contributed by atoms with Crippen LogP contribution in [0.25, 0.3) is 11.3 Å². The van der Waals surface area contributed by atoms with Crippen molar-refractivity contribution in [2.75, 3.05) is 18.5 Å². The fraction of sp³-hybridized carbons (Fsp3) is 0.444. The van der Waals surface area contributed by atoms with E-state index in [1.54, 1.807) is 0 Å². The van der Waals surface area contributed by atoms with Crippen molar-refractivity contribution in [3.05, 3.63) is 29.1 Å². The maximum atomic E-state index is 12.6. The van der Waals surface area contributed by atoms with Gasteiger partial charge in [-0.3, -0.25) is 4.79 Å². The minimum absolute atomic E-state index is 0.0433. The van der Waals surface area contributed by atoms with Gasteiger partial charge in [0.25, 0.3) is 0 Å². The largest absolute Gasteiger partial charge is 0.493 e. The molecule has 1 aromatic heterocycles. The van der Waals surface area contributed by atoms with E-state index in [4.69, 9.17) is 10.5 Å². The van der Waals surface area contributed by atoms with Crippen LogP contribution in [0.3, 0.4) is 0 Å². The summed E-state index contributed by atoms with van der Waals surface area (Å²) in [5.41, 5.74) is 8.46. The molecule has 3 N–H and O–H groups in total. The Balaban J connectivity index is 1.77. The van der Waals surface area contributed by atoms with Gasteiger partial charge in [-0.2, -0.15) is 0 Å². The molecule has 0 bridgehead atoms. The SMILES string of the molecule is CCC(CC)(CN)C(=O)Nc1nc(-c2ccc3c(c2)CCO3)cs1. The van der Waals surface area contributed by atoms with Gasteiger partial charge in [0.05, 0.1) is 17.7 Å². The van der Waals surface area contributed by atoms with Crippen molar-refractivity contribution in [1.82, 2.24) is 4.98 Å². The Bertz CT molecular complexity index is 729. The molecule has 5 nitrogen and oxygen atoms in total. The van der Waals surface area contributed by atoms with Gasteiger partial charge in [0.2, 0.25) is 5.91 Å². The number of thiazole rings is 1. The Hall–Kier alpha value is -1.92. The number of aromatic nitrogens is 1. The molecule has 128 valence electrons. The maximum Gasteiger partial charge on any atom is 0.233 e. The molecule has 1 amide bonds. The van der Waals surface area contributed by atoms with Crippen LogP contribution in [0, 0.1) is 5.41 Å². The van der Waals surface area contributed by atoms with Crippen LogP contribution in [0.15, 0.2) is 23.6 Å². The van der Waals surface area contributed by atoms with Crippen molar-refractivity contribution in [2.45, 2.75) is 33.1 Å². The lowest BCUT2D eigenvalue weighted by Crippen LogP contribution is -2.41. The number of nitrogens with one attached hydrogen (secondary N) is 1. The molecular weight excluding hydrogens is 322 g/mol. The van der Waals surface area contributed by atoms with Gasteiger partial charge in [0.1, 0.15) is 5.75 Å². The standard InChI is InChI=1S/C18H23N3O2S/c1-3-18(4-2,11-19)16(22)21-17-20-14(10-24-17)12-5-6-15-13(9-12)7-8-23-15/h5-6,9-10H,3-4,7-8,11,19H2,1-2H3,(H,20,21,22). The van der Waals surface area contributed by atoms with E-state index in [0.717, 1.165) is 42.9 Å². The summed E-state index contributed by atoms with van der Waals surface area (Å²) in [6, 6.07) is 6.11. The first-order valence-electron chi connectivity index (χ1n) is 8.35. The van der Waals surface area contributed by atoms with Gasteiger partial charge in [-0.1, -0.05) is 13.8 Å². The van der Waals surface area contributed by atoms with E-state index >= 15 is 0 Å². The van der Waals surface area contributed by atoms with Crippen molar-refractivity contribution < 1.29 is 9.53 Å². The van der Waals surface area contributed by atoms with Gasteiger partial charge >= 0.3 is 0 Å². The first-order valence-corrected chi connectivity index (χ1v) is 9.23. The minimum atomic E-state index is -0.517. The van der Waals surface area contributed by atoms with Crippen LogP contribution in [0.2, 0.25) is 0 Å². The molecule has 0 saturated carbocycles. The first kappa shape index (κ1) is 16.9. The van der Waals surface area contributed by atoms with Gasteiger partial charge < -0.3 is 15.8 Å². The van der Waals surface area contributed by atoms with Gasteiger partial charge in [0, 0.05) is 23.9 Å². The highest BCUT2D eigenvalue weighted by Gasteiger charge is 2.33. The van der Waals surface area contributed by atoms with E-state index in [2.05, 4.69) is 16.4 Å². The number of anilines is 1. The van der Waals surface area contributed by atoms with Crippen LogP contribution < -0.4 is 15.8 Å². The number of carbonyl (C=O) groups excluding carboxylic acids is 1. The van der Waals surface area contributed by atoms with Gasteiger partial charge in [-0.05, 0) is 36.6 Å². The average molecular weight is 345 g/mol. The van der Waals surface area contributed by atoms with Crippen molar-refractivity contribution in [2.24, 2.45) is 11.1 Å². The van der Waals surface area contributed by atoms with Crippen molar-refractivity contribution in [3.8, 4) is 17.0 Å². The van der Waals surface area contributed by atoms with Gasteiger partial charge in [0.15, 0.2) is 5.13 Å². The fourth-order valence-corrected chi connectivity index (χ4v) is 3.71. The van der Waals surface area contributed by atoms with E-state index in [1.165, 1.54) is 16.9 Å². The monoisotopic (exact) mass is 345 g/mol. The number of nitrogens with zero attached hydrogens (tertiary/aromatic N) is 1. The van der Waals surface area contributed by atoms with Crippen LogP contribution >= 0.6 is 11.3 Å². The number of carbonyl (C=O) groups is 1. The molecule has 0 unspecified atom stereocenters. The summed E-state index contributed by atoms with van der Waals surface area (Å²) in [5.74, 6) is 0.916. The molecule has 24 heavy (non-hydrogen) atoms. The topological polar surface area (TPSA) is 77.2 Å². The highest BCUT2D eigenvalue weighted by atomic mass is 32.1. The van der Waals surface area contributed by atoms with Crippen LogP contribution in [0.4, 0.5) is 5.13 Å². The predicted molar refractivity (Wildman–Crippen MR) is 97.4 cm³/mol. The van der Waals surface area contributed by atoms with E-state index in [1.807, 2.05) is 31.4 Å². The summed E-state index contributed by atoms with van der Waals surface area (Å²) in [5, 5.41) is 5.53. The number of benzene rings is 1. The Morgan fingerprint density at radius 3 is 2.92 bits per heavy atom. The summed E-state index contributed by atoms with van der Waals surface area (Å²) in [6.45, 7) is 5.08. The van der Waals surface area contributed by atoms with E-state index in [9.17, 15) is 4.79 Å². The lowest BCUT2D eigenvalue weighted by molar-refractivity contribution is -0.125. The average Bonchev–Trinajstić information content (AvgIpc) is 3.25. The van der Waals surface area contributed by atoms with Crippen molar-refractivity contribution in [3.63, 3.8) is 0 Å². The maximum absolute atomic E-state index is 12.6. The zero-order valence-corrected chi connectivity index (χ0v) is 14.9. The summed E-state index contributed by atoms with van der Waals surface area (Å²) < 4.78 is 5.53. The molecule has 3 rings (SSSR count). The lowest BCUT2D eigenvalue weighted by Gasteiger charge is -2.27. The number of hydrogen-bond acceptors (Lipinski definition) is 5. The van der Waals surface area contributed by atoms with Gasteiger partial charge in [-0.25, -0.2) is 4.98 Å². The van der Waals surface area contributed by atoms with Crippen LogP contribution in [-0.4, -0.2) is 24.0 Å². The molecular formula is C18H23N3O2S. The molecule has 0 atom stereocenters. The van der Waals surface area contributed by atoms with E-state index in [-0.39, 0.29) is 5.91 Å². The molecule has 0 aliphatic carbocycles. The lowest BCUT2D eigenvalue weighted by atomic mass is 9.81. The zero-order valence-electron chi connectivity index (χ0n) is 14.1. The third-order valence-corrected chi connectivity index (χ3v) is 5.69. The summed E-state index contributed by atoms with van der Waals surface area (Å²) in [4.78, 5) is 17.2. The van der Waals surface area contributed by atoms with Crippen molar-refractivity contribution >= 4 is 22.4 Å². The summed E-state index contributed by atoms with van der Waals surface area (Å²) >= 11 is 1.44. The predicted octanol–water partition coefficient (Wildman–Crippen LogP) is 3.45.